The first-order chi connectivity index (χ1) is 16.5. The van der Waals surface area contributed by atoms with Gasteiger partial charge < -0.3 is 41.2 Å². The van der Waals surface area contributed by atoms with Crippen molar-refractivity contribution in [1.29, 1.82) is 0 Å². The predicted molar refractivity (Wildman–Crippen MR) is 124 cm³/mol. The van der Waals surface area contributed by atoms with Gasteiger partial charge in [0.05, 0.1) is 17.6 Å². The van der Waals surface area contributed by atoms with E-state index in [-0.39, 0.29) is 12.5 Å². The van der Waals surface area contributed by atoms with Gasteiger partial charge in [-0.25, -0.2) is 4.98 Å². The number of hydrogen-bond donors (Lipinski definition) is 6. The summed E-state index contributed by atoms with van der Waals surface area (Å²) in [5.41, 5.74) is 7.64. The lowest BCUT2D eigenvalue weighted by atomic mass is 10.1. The maximum atomic E-state index is 11.7. The molecule has 1 amide bonds. The fraction of sp³-hybridized carbons (Fsp3) is 0.391. The SMILES string of the molecule is NCCNC(=O)COc1cccc(CNc2nc3ccccc3n2[C@@H]2O[C@H](CO)[C@@H](O)[C@H]2O)c1. The largest absolute Gasteiger partial charge is 0.484 e. The number of amides is 1. The molecule has 182 valence electrons. The average Bonchev–Trinajstić information content (AvgIpc) is 3.36. The summed E-state index contributed by atoms with van der Waals surface area (Å²) in [5, 5.41) is 36.2. The van der Waals surface area contributed by atoms with Crippen LogP contribution in [0.1, 0.15) is 11.8 Å². The van der Waals surface area contributed by atoms with E-state index in [4.69, 9.17) is 15.2 Å². The van der Waals surface area contributed by atoms with Crippen LogP contribution < -0.4 is 21.1 Å². The minimum Gasteiger partial charge on any atom is -0.484 e. The van der Waals surface area contributed by atoms with E-state index in [9.17, 15) is 20.1 Å². The molecule has 1 aromatic heterocycles. The second-order valence-corrected chi connectivity index (χ2v) is 7.95. The molecular weight excluding hydrogens is 442 g/mol. The third-order valence-corrected chi connectivity index (χ3v) is 5.55. The zero-order valence-electron chi connectivity index (χ0n) is 18.5. The Morgan fingerprint density at radius 3 is 2.76 bits per heavy atom. The van der Waals surface area contributed by atoms with Crippen LogP contribution >= 0.6 is 0 Å². The molecule has 11 nitrogen and oxygen atoms in total. The van der Waals surface area contributed by atoms with Crippen LogP contribution in [0.3, 0.4) is 0 Å². The Labute approximate surface area is 196 Å². The second-order valence-electron chi connectivity index (χ2n) is 7.95. The van der Waals surface area contributed by atoms with E-state index in [1.807, 2.05) is 42.5 Å². The average molecular weight is 472 g/mol. The number of benzene rings is 2. The standard InChI is InChI=1S/C23H29N5O6/c24-8-9-25-19(30)13-33-15-5-3-4-14(10-15)11-26-23-27-16-6-1-2-7-17(16)28(23)22-21(32)20(31)18(12-29)34-22/h1-7,10,18,20-22,29,31-32H,8-9,11-13,24H2,(H,25,30)(H,26,27)/t18-,20-,21-,22-/m1/s1. The van der Waals surface area contributed by atoms with Gasteiger partial charge in [0, 0.05) is 19.6 Å². The summed E-state index contributed by atoms with van der Waals surface area (Å²) in [7, 11) is 0. The highest BCUT2D eigenvalue weighted by atomic mass is 16.6. The fourth-order valence-electron chi connectivity index (χ4n) is 3.86. The minimum absolute atomic E-state index is 0.113. The molecule has 1 aliphatic rings. The van der Waals surface area contributed by atoms with E-state index in [1.165, 1.54) is 0 Å². The van der Waals surface area contributed by atoms with E-state index in [0.717, 1.165) is 5.56 Å². The summed E-state index contributed by atoms with van der Waals surface area (Å²) in [6, 6.07) is 14.7. The van der Waals surface area contributed by atoms with Crippen LogP contribution in [-0.4, -0.2) is 75.4 Å². The molecule has 0 spiro atoms. The number of aliphatic hydroxyl groups excluding tert-OH is 3. The summed E-state index contributed by atoms with van der Waals surface area (Å²) in [6.45, 7) is 0.594. The first-order valence-electron chi connectivity index (χ1n) is 11.0. The molecule has 0 saturated carbocycles. The summed E-state index contributed by atoms with van der Waals surface area (Å²) in [4.78, 5) is 16.3. The highest BCUT2D eigenvalue weighted by Crippen LogP contribution is 2.35. The van der Waals surface area contributed by atoms with E-state index in [0.29, 0.717) is 42.4 Å². The molecule has 0 radical (unpaired) electrons. The van der Waals surface area contributed by atoms with Crippen molar-refractivity contribution in [2.75, 3.05) is 31.6 Å². The number of aromatic nitrogens is 2. The van der Waals surface area contributed by atoms with Crippen LogP contribution in [-0.2, 0) is 16.1 Å². The molecule has 11 heteroatoms. The number of para-hydroxylation sites is 2. The Morgan fingerprint density at radius 2 is 2.00 bits per heavy atom. The van der Waals surface area contributed by atoms with E-state index >= 15 is 0 Å². The van der Waals surface area contributed by atoms with Crippen LogP contribution in [0.5, 0.6) is 5.75 Å². The van der Waals surface area contributed by atoms with Gasteiger partial charge in [0.2, 0.25) is 5.95 Å². The molecular formula is C23H29N5O6. The Morgan fingerprint density at radius 1 is 1.18 bits per heavy atom. The zero-order valence-corrected chi connectivity index (χ0v) is 18.5. The van der Waals surface area contributed by atoms with Gasteiger partial charge in [0.1, 0.15) is 24.1 Å². The lowest BCUT2D eigenvalue weighted by Gasteiger charge is -2.20. The molecule has 0 bridgehead atoms. The molecule has 2 aromatic carbocycles. The smallest absolute Gasteiger partial charge is 0.257 e. The molecule has 34 heavy (non-hydrogen) atoms. The minimum atomic E-state index is -1.24. The van der Waals surface area contributed by atoms with Gasteiger partial charge in [0.15, 0.2) is 12.8 Å². The molecule has 2 heterocycles. The van der Waals surface area contributed by atoms with Crippen molar-refractivity contribution in [3.63, 3.8) is 0 Å². The molecule has 4 atom stereocenters. The van der Waals surface area contributed by atoms with Crippen molar-refractivity contribution in [3.8, 4) is 5.75 Å². The van der Waals surface area contributed by atoms with Crippen LogP contribution in [0.25, 0.3) is 11.0 Å². The Bertz CT molecular complexity index is 1120. The van der Waals surface area contributed by atoms with Crippen LogP contribution in [0, 0.1) is 0 Å². The highest BCUT2D eigenvalue weighted by molar-refractivity contribution is 5.79. The van der Waals surface area contributed by atoms with Crippen LogP contribution in [0.4, 0.5) is 5.95 Å². The number of imidazole rings is 1. The third kappa shape index (κ3) is 5.13. The van der Waals surface area contributed by atoms with Crippen LogP contribution in [0.2, 0.25) is 0 Å². The van der Waals surface area contributed by atoms with Gasteiger partial charge in [-0.3, -0.25) is 9.36 Å². The molecule has 1 saturated heterocycles. The molecule has 7 N–H and O–H groups in total. The molecule has 0 aliphatic carbocycles. The first kappa shape index (κ1) is 23.9. The van der Waals surface area contributed by atoms with Gasteiger partial charge in [-0.2, -0.15) is 0 Å². The van der Waals surface area contributed by atoms with Crippen molar-refractivity contribution < 1.29 is 29.6 Å². The molecule has 1 fully saturated rings. The normalized spacial score (nSPS) is 22.1. The number of hydrogen-bond acceptors (Lipinski definition) is 9. The Balaban J connectivity index is 1.50. The van der Waals surface area contributed by atoms with E-state index < -0.39 is 31.1 Å². The fourth-order valence-corrected chi connectivity index (χ4v) is 3.86. The Hall–Kier alpha value is -3.22. The monoisotopic (exact) mass is 471 g/mol. The number of anilines is 1. The second kappa shape index (κ2) is 10.8. The quantitative estimate of drug-likeness (QED) is 0.233. The lowest BCUT2D eigenvalue weighted by molar-refractivity contribution is -0.123. The van der Waals surface area contributed by atoms with Gasteiger partial charge >= 0.3 is 0 Å². The van der Waals surface area contributed by atoms with Gasteiger partial charge in [0.25, 0.3) is 5.91 Å². The van der Waals surface area contributed by atoms with Crippen molar-refractivity contribution in [2.24, 2.45) is 5.73 Å². The molecule has 3 aromatic rings. The number of carbonyl (C=O) groups is 1. The number of nitrogens with one attached hydrogen (secondary N) is 2. The van der Waals surface area contributed by atoms with Gasteiger partial charge in [-0.1, -0.05) is 24.3 Å². The number of nitrogens with zero attached hydrogens (tertiary/aromatic N) is 2. The Kier molecular flexibility index (Phi) is 7.60. The van der Waals surface area contributed by atoms with E-state index in [1.54, 1.807) is 10.6 Å². The van der Waals surface area contributed by atoms with Crippen molar-refractivity contribution in [2.45, 2.75) is 31.1 Å². The zero-order chi connectivity index (χ0) is 24.1. The van der Waals surface area contributed by atoms with Crippen molar-refractivity contribution in [1.82, 2.24) is 14.9 Å². The molecule has 0 unspecified atom stereocenters. The first-order valence-corrected chi connectivity index (χ1v) is 11.0. The number of rotatable bonds is 10. The maximum absolute atomic E-state index is 11.7. The predicted octanol–water partition coefficient (Wildman–Crippen LogP) is -0.286. The third-order valence-electron chi connectivity index (χ3n) is 5.55. The molecule has 4 rings (SSSR count). The summed E-state index contributed by atoms with van der Waals surface area (Å²) >= 11 is 0. The van der Waals surface area contributed by atoms with Gasteiger partial charge in [-0.15, -0.1) is 0 Å². The summed E-state index contributed by atoms with van der Waals surface area (Å²) < 4.78 is 13.0. The summed E-state index contributed by atoms with van der Waals surface area (Å²) in [6.07, 6.45) is -4.29. The highest BCUT2D eigenvalue weighted by Gasteiger charge is 2.44. The number of ether oxygens (including phenoxy) is 2. The number of nitrogens with two attached hydrogens (primary N) is 1. The number of carbonyl (C=O) groups excluding carboxylic acids is 1. The van der Waals surface area contributed by atoms with Crippen molar-refractivity contribution in [3.05, 3.63) is 54.1 Å². The number of aliphatic hydroxyl groups is 3. The number of fused-ring (bicyclic) bond motifs is 1. The maximum Gasteiger partial charge on any atom is 0.257 e. The van der Waals surface area contributed by atoms with Crippen LogP contribution in [0.15, 0.2) is 48.5 Å². The van der Waals surface area contributed by atoms with Gasteiger partial charge in [-0.05, 0) is 29.8 Å². The summed E-state index contributed by atoms with van der Waals surface area (Å²) in [5.74, 6) is 0.726. The molecule has 1 aliphatic heterocycles. The topological polar surface area (TPSA) is 164 Å². The lowest BCUT2D eigenvalue weighted by Crippen LogP contribution is -2.33. The van der Waals surface area contributed by atoms with Crippen molar-refractivity contribution >= 4 is 22.9 Å². The van der Waals surface area contributed by atoms with E-state index in [2.05, 4.69) is 15.6 Å².